The van der Waals surface area contributed by atoms with Gasteiger partial charge < -0.3 is 15.0 Å². The Morgan fingerprint density at radius 2 is 2.15 bits per heavy atom. The number of rotatable bonds is 6. The minimum atomic E-state index is 0. The monoisotopic (exact) mass is 472 g/mol. The third-order valence-corrected chi connectivity index (χ3v) is 4.80. The van der Waals surface area contributed by atoms with E-state index in [1.54, 1.807) is 0 Å². The molecule has 2 aromatic rings. The summed E-state index contributed by atoms with van der Waals surface area (Å²) in [7, 11) is 3.93. The molecule has 8 heteroatoms. The van der Waals surface area contributed by atoms with Gasteiger partial charge in [-0.1, -0.05) is 6.07 Å². The number of hydrogen-bond donors (Lipinski definition) is 1. The lowest BCUT2D eigenvalue weighted by molar-refractivity contribution is 0.0625. The molecular weight excluding hydrogens is 443 g/mol. The van der Waals surface area contributed by atoms with Crippen LogP contribution in [0.15, 0.2) is 29.4 Å². The van der Waals surface area contributed by atoms with Crippen molar-refractivity contribution in [3.63, 3.8) is 0 Å². The van der Waals surface area contributed by atoms with Crippen molar-refractivity contribution in [1.29, 1.82) is 0 Å². The molecule has 0 saturated carbocycles. The first kappa shape index (κ1) is 20.9. The average molecular weight is 472 g/mol. The normalized spacial score (nSPS) is 15.7. The van der Waals surface area contributed by atoms with Crippen molar-refractivity contribution in [2.24, 2.45) is 10.9 Å². The number of ether oxygens (including phenoxy) is 1. The Hall–Kier alpha value is -1.42. The van der Waals surface area contributed by atoms with Crippen LogP contribution in [0.5, 0.6) is 0 Å². The second-order valence-corrected chi connectivity index (χ2v) is 6.54. The van der Waals surface area contributed by atoms with Crippen LogP contribution in [0.1, 0.15) is 25.1 Å². The van der Waals surface area contributed by atoms with Crippen molar-refractivity contribution in [3.05, 3.63) is 30.2 Å². The first-order valence-electron chi connectivity index (χ1n) is 9.06. The predicted octanol–water partition coefficient (Wildman–Crippen LogP) is 2.21. The number of aliphatic imine (C=N–C) groups is 1. The summed E-state index contributed by atoms with van der Waals surface area (Å²) >= 11 is 0. The van der Waals surface area contributed by atoms with E-state index in [1.165, 1.54) is 19.3 Å². The molecule has 0 aliphatic carbocycles. The summed E-state index contributed by atoms with van der Waals surface area (Å²) in [5.74, 6) is 2.67. The molecular formula is C18H29IN6O. The van der Waals surface area contributed by atoms with E-state index < -0.39 is 0 Å². The first-order chi connectivity index (χ1) is 12.3. The predicted molar refractivity (Wildman–Crippen MR) is 114 cm³/mol. The Labute approximate surface area is 172 Å². The number of nitrogens with zero attached hydrogens (tertiary/aromatic N) is 5. The van der Waals surface area contributed by atoms with Gasteiger partial charge in [0.25, 0.3) is 0 Å². The number of halogens is 1. The fraction of sp³-hybridized carbons (Fsp3) is 0.611. The Morgan fingerprint density at radius 1 is 1.35 bits per heavy atom. The third kappa shape index (κ3) is 5.54. The highest BCUT2D eigenvalue weighted by Gasteiger charge is 2.15. The summed E-state index contributed by atoms with van der Waals surface area (Å²) in [5, 5.41) is 11.9. The molecule has 0 unspecified atom stereocenters. The molecule has 1 N–H and O–H groups in total. The van der Waals surface area contributed by atoms with Gasteiger partial charge in [0.15, 0.2) is 11.6 Å². The van der Waals surface area contributed by atoms with Crippen LogP contribution in [0.25, 0.3) is 5.65 Å². The number of nitrogens with one attached hydrogen (secondary N) is 1. The topological polar surface area (TPSA) is 67.0 Å². The summed E-state index contributed by atoms with van der Waals surface area (Å²) < 4.78 is 7.46. The summed E-state index contributed by atoms with van der Waals surface area (Å²) in [6.45, 7) is 3.61. The zero-order chi connectivity index (χ0) is 17.5. The second-order valence-electron chi connectivity index (χ2n) is 6.54. The maximum absolute atomic E-state index is 5.43. The fourth-order valence-corrected chi connectivity index (χ4v) is 3.25. The van der Waals surface area contributed by atoms with Crippen molar-refractivity contribution >= 4 is 35.6 Å². The molecule has 0 radical (unpaired) electrons. The van der Waals surface area contributed by atoms with Gasteiger partial charge in [0, 0.05) is 53.0 Å². The molecule has 1 saturated heterocycles. The molecule has 26 heavy (non-hydrogen) atoms. The van der Waals surface area contributed by atoms with Gasteiger partial charge in [0.2, 0.25) is 0 Å². The molecule has 3 heterocycles. The van der Waals surface area contributed by atoms with Gasteiger partial charge in [-0.05, 0) is 37.3 Å². The van der Waals surface area contributed by atoms with Crippen LogP contribution in [0.2, 0.25) is 0 Å². The molecule has 7 nitrogen and oxygen atoms in total. The highest BCUT2D eigenvalue weighted by atomic mass is 127. The van der Waals surface area contributed by atoms with E-state index >= 15 is 0 Å². The van der Waals surface area contributed by atoms with Crippen LogP contribution in [0.3, 0.4) is 0 Å². The molecule has 144 valence electrons. The van der Waals surface area contributed by atoms with Crippen LogP contribution in [-0.2, 0) is 11.2 Å². The van der Waals surface area contributed by atoms with Gasteiger partial charge in [-0.25, -0.2) is 0 Å². The van der Waals surface area contributed by atoms with Crippen LogP contribution in [0, 0.1) is 5.92 Å². The Bertz CT molecular complexity index is 698. The van der Waals surface area contributed by atoms with Gasteiger partial charge >= 0.3 is 0 Å². The lowest BCUT2D eigenvalue weighted by atomic mass is 9.96. The largest absolute Gasteiger partial charge is 0.381 e. The Morgan fingerprint density at radius 3 is 2.92 bits per heavy atom. The van der Waals surface area contributed by atoms with Crippen molar-refractivity contribution < 1.29 is 4.74 Å². The van der Waals surface area contributed by atoms with Gasteiger partial charge in [0.1, 0.15) is 5.82 Å². The number of fused-ring (bicyclic) bond motifs is 1. The molecule has 1 aliphatic rings. The minimum absolute atomic E-state index is 0. The number of aromatic nitrogens is 3. The molecule has 0 atom stereocenters. The lowest BCUT2D eigenvalue weighted by Crippen LogP contribution is -2.41. The summed E-state index contributed by atoms with van der Waals surface area (Å²) in [6, 6.07) is 5.94. The standard InChI is InChI=1S/C18H28N6O.HI/c1-19-18(23(2)12-7-15-8-13-25-14-9-15)20-10-6-17-22-21-16-5-3-4-11-24(16)17;/h3-5,11,15H,6-10,12-14H2,1-2H3,(H,19,20);1H. The van der Waals surface area contributed by atoms with Crippen molar-refractivity contribution in [3.8, 4) is 0 Å². The maximum Gasteiger partial charge on any atom is 0.193 e. The Kier molecular flexibility index (Phi) is 8.56. The van der Waals surface area contributed by atoms with E-state index in [0.717, 1.165) is 56.1 Å². The molecule has 0 aromatic carbocycles. The van der Waals surface area contributed by atoms with Crippen molar-refractivity contribution in [1.82, 2.24) is 24.8 Å². The van der Waals surface area contributed by atoms with Crippen LogP contribution < -0.4 is 5.32 Å². The molecule has 3 rings (SSSR count). The van der Waals surface area contributed by atoms with Crippen LogP contribution in [-0.4, -0.2) is 65.9 Å². The molecule has 0 spiro atoms. The summed E-state index contributed by atoms with van der Waals surface area (Å²) in [5.41, 5.74) is 0.885. The van der Waals surface area contributed by atoms with Gasteiger partial charge in [-0.3, -0.25) is 9.39 Å². The number of hydrogen-bond acceptors (Lipinski definition) is 4. The van der Waals surface area contributed by atoms with Crippen molar-refractivity contribution in [2.45, 2.75) is 25.7 Å². The third-order valence-electron chi connectivity index (χ3n) is 4.80. The zero-order valence-corrected chi connectivity index (χ0v) is 17.9. The first-order valence-corrected chi connectivity index (χ1v) is 9.06. The fourth-order valence-electron chi connectivity index (χ4n) is 3.25. The average Bonchev–Trinajstić information content (AvgIpc) is 3.07. The van der Waals surface area contributed by atoms with E-state index in [9.17, 15) is 0 Å². The van der Waals surface area contributed by atoms with E-state index in [-0.39, 0.29) is 24.0 Å². The highest BCUT2D eigenvalue weighted by Crippen LogP contribution is 2.18. The SMILES string of the molecule is CN=C(NCCc1nnc2ccccn12)N(C)CCC1CCOCC1.I. The van der Waals surface area contributed by atoms with Gasteiger partial charge in [-0.15, -0.1) is 34.2 Å². The van der Waals surface area contributed by atoms with E-state index in [4.69, 9.17) is 4.74 Å². The lowest BCUT2D eigenvalue weighted by Gasteiger charge is -2.26. The molecule has 2 aromatic heterocycles. The van der Waals surface area contributed by atoms with E-state index in [2.05, 4.69) is 32.5 Å². The Balaban J connectivity index is 0.00000243. The molecule has 1 fully saturated rings. The second kappa shape index (κ2) is 10.7. The van der Waals surface area contributed by atoms with Gasteiger partial charge in [0.05, 0.1) is 0 Å². The maximum atomic E-state index is 5.43. The highest BCUT2D eigenvalue weighted by molar-refractivity contribution is 14.0. The quantitative estimate of drug-likeness (QED) is 0.397. The summed E-state index contributed by atoms with van der Waals surface area (Å²) in [4.78, 5) is 6.60. The minimum Gasteiger partial charge on any atom is -0.381 e. The molecule has 1 aliphatic heterocycles. The van der Waals surface area contributed by atoms with Gasteiger partial charge in [-0.2, -0.15) is 0 Å². The molecule has 0 amide bonds. The van der Waals surface area contributed by atoms with Crippen LogP contribution in [0.4, 0.5) is 0 Å². The van der Waals surface area contributed by atoms with E-state index in [1.807, 2.05) is 35.8 Å². The number of pyridine rings is 1. The van der Waals surface area contributed by atoms with Crippen LogP contribution >= 0.6 is 24.0 Å². The van der Waals surface area contributed by atoms with Crippen molar-refractivity contribution in [2.75, 3.05) is 40.4 Å². The molecule has 0 bridgehead atoms. The van der Waals surface area contributed by atoms with E-state index in [0.29, 0.717) is 0 Å². The smallest absolute Gasteiger partial charge is 0.193 e. The zero-order valence-electron chi connectivity index (χ0n) is 15.6. The summed E-state index contributed by atoms with van der Waals surface area (Å²) in [6.07, 6.45) is 6.35. The number of guanidine groups is 1.